The highest BCUT2D eigenvalue weighted by Crippen LogP contribution is 2.27. The van der Waals surface area contributed by atoms with E-state index in [1.165, 1.54) is 24.3 Å². The van der Waals surface area contributed by atoms with E-state index in [1.54, 1.807) is 34.1 Å². The van der Waals surface area contributed by atoms with Crippen molar-refractivity contribution >= 4 is 23.1 Å². The van der Waals surface area contributed by atoms with Crippen molar-refractivity contribution in [3.8, 4) is 5.75 Å². The highest BCUT2D eigenvalue weighted by molar-refractivity contribution is 5.90. The molecule has 0 amide bonds. The average Bonchev–Trinajstić information content (AvgIpc) is 2.91. The zero-order valence-corrected chi connectivity index (χ0v) is 14.2. The van der Waals surface area contributed by atoms with Crippen LogP contribution in [0, 0.1) is 5.82 Å². The zero-order chi connectivity index (χ0) is 18.7. The van der Waals surface area contributed by atoms with Crippen LogP contribution in [0.4, 0.5) is 19.0 Å². The van der Waals surface area contributed by atoms with E-state index >= 15 is 0 Å². The molecule has 8 heteroatoms. The Hall–Kier alpha value is -3.03. The second kappa shape index (κ2) is 7.47. The zero-order valence-electron chi connectivity index (χ0n) is 14.2. The molecule has 0 bridgehead atoms. The van der Waals surface area contributed by atoms with Gasteiger partial charge in [0.1, 0.15) is 11.6 Å². The topological polar surface area (TPSA) is 42.7 Å². The molecule has 2 aromatic carbocycles. The smallest absolute Gasteiger partial charge is 0.387 e. The molecule has 0 atom stereocenters. The minimum absolute atomic E-state index is 0.0800. The number of halogens is 3. The van der Waals surface area contributed by atoms with Crippen LogP contribution < -0.4 is 4.74 Å². The largest absolute Gasteiger partial charge is 0.435 e. The van der Waals surface area contributed by atoms with E-state index in [-0.39, 0.29) is 11.6 Å². The summed E-state index contributed by atoms with van der Waals surface area (Å²) in [6, 6.07) is 10.6. The number of aliphatic imine (C=N–C) groups is 1. The van der Waals surface area contributed by atoms with Gasteiger partial charge in [-0.1, -0.05) is 12.1 Å². The molecule has 1 aromatic heterocycles. The number of benzene rings is 2. The standard InChI is InChI=1S/C18H17F3N4O/c1-24(2)11-22-17-15-8-5-13(19)9-16(15)25(23-17)10-12-3-6-14(7-4-12)26-18(20)21/h3-9,11,18H,10H2,1-2H3/b22-11-. The molecule has 0 saturated heterocycles. The normalized spacial score (nSPS) is 11.6. The summed E-state index contributed by atoms with van der Waals surface area (Å²) in [6.07, 6.45) is 1.62. The Balaban J connectivity index is 1.93. The molecule has 3 aromatic rings. The molecule has 0 spiro atoms. The summed E-state index contributed by atoms with van der Waals surface area (Å²) < 4.78 is 44.1. The third-order valence-corrected chi connectivity index (χ3v) is 3.59. The van der Waals surface area contributed by atoms with Gasteiger partial charge in [0.15, 0.2) is 5.82 Å². The van der Waals surface area contributed by atoms with Crippen molar-refractivity contribution < 1.29 is 17.9 Å². The number of ether oxygens (including phenoxy) is 1. The Kier molecular flexibility index (Phi) is 5.11. The van der Waals surface area contributed by atoms with Gasteiger partial charge in [-0.25, -0.2) is 9.38 Å². The number of hydrogen-bond acceptors (Lipinski definition) is 3. The second-order valence-corrected chi connectivity index (χ2v) is 5.87. The summed E-state index contributed by atoms with van der Waals surface area (Å²) in [5.74, 6) is 0.185. The van der Waals surface area contributed by atoms with E-state index in [9.17, 15) is 13.2 Å². The van der Waals surface area contributed by atoms with Crippen molar-refractivity contribution in [1.29, 1.82) is 0 Å². The predicted octanol–water partition coefficient (Wildman–Crippen LogP) is 4.05. The number of rotatable bonds is 6. The molecule has 136 valence electrons. The predicted molar refractivity (Wildman–Crippen MR) is 93.7 cm³/mol. The van der Waals surface area contributed by atoms with Gasteiger partial charge in [0, 0.05) is 19.5 Å². The first-order valence-electron chi connectivity index (χ1n) is 7.83. The number of nitrogens with zero attached hydrogens (tertiary/aromatic N) is 4. The van der Waals surface area contributed by atoms with Crippen molar-refractivity contribution in [2.45, 2.75) is 13.2 Å². The lowest BCUT2D eigenvalue weighted by molar-refractivity contribution is -0.0498. The molecular formula is C18H17F3N4O. The molecule has 0 saturated carbocycles. The van der Waals surface area contributed by atoms with Crippen LogP contribution in [0.25, 0.3) is 10.9 Å². The van der Waals surface area contributed by atoms with Gasteiger partial charge in [-0.15, -0.1) is 0 Å². The maximum absolute atomic E-state index is 13.7. The van der Waals surface area contributed by atoms with E-state index in [2.05, 4.69) is 14.8 Å². The van der Waals surface area contributed by atoms with Crippen molar-refractivity contribution in [3.05, 3.63) is 53.8 Å². The lowest BCUT2D eigenvalue weighted by atomic mass is 10.2. The quantitative estimate of drug-likeness (QED) is 0.491. The summed E-state index contributed by atoms with van der Waals surface area (Å²) in [4.78, 5) is 6.09. The van der Waals surface area contributed by atoms with Crippen molar-refractivity contribution in [3.63, 3.8) is 0 Å². The fourth-order valence-corrected chi connectivity index (χ4v) is 2.46. The van der Waals surface area contributed by atoms with Crippen molar-refractivity contribution in [1.82, 2.24) is 14.7 Å². The van der Waals surface area contributed by atoms with Gasteiger partial charge >= 0.3 is 6.61 Å². The Bertz CT molecular complexity index is 920. The summed E-state index contributed by atoms with van der Waals surface area (Å²) in [5, 5.41) is 5.17. The van der Waals surface area contributed by atoms with Gasteiger partial charge in [-0.3, -0.25) is 4.68 Å². The van der Waals surface area contributed by atoms with Crippen LogP contribution >= 0.6 is 0 Å². The number of hydrogen-bond donors (Lipinski definition) is 0. The molecule has 0 radical (unpaired) electrons. The molecule has 26 heavy (non-hydrogen) atoms. The molecule has 0 N–H and O–H groups in total. The highest BCUT2D eigenvalue weighted by Gasteiger charge is 2.12. The first kappa shape index (κ1) is 17.8. The molecule has 3 rings (SSSR count). The monoisotopic (exact) mass is 362 g/mol. The van der Waals surface area contributed by atoms with Gasteiger partial charge in [-0.05, 0) is 35.9 Å². The molecule has 0 unspecified atom stereocenters. The summed E-state index contributed by atoms with van der Waals surface area (Å²) in [7, 11) is 3.68. The molecule has 1 heterocycles. The third kappa shape index (κ3) is 4.14. The Morgan fingerprint density at radius 2 is 1.92 bits per heavy atom. The molecule has 0 aliphatic rings. The minimum atomic E-state index is -2.86. The van der Waals surface area contributed by atoms with Crippen molar-refractivity contribution in [2.24, 2.45) is 4.99 Å². The fourth-order valence-electron chi connectivity index (χ4n) is 2.46. The maximum atomic E-state index is 13.7. The SMILES string of the molecule is CN(C)/C=N\c1nn(Cc2ccc(OC(F)F)cc2)c2cc(F)ccc12. The molecule has 0 aliphatic heterocycles. The molecule has 0 fully saturated rings. The summed E-state index contributed by atoms with van der Waals surface area (Å²) in [6.45, 7) is -2.53. The van der Waals surface area contributed by atoms with Crippen LogP contribution in [0.1, 0.15) is 5.56 Å². The van der Waals surface area contributed by atoms with Crippen LogP contribution in [0.3, 0.4) is 0 Å². The number of alkyl halides is 2. The van der Waals surface area contributed by atoms with Crippen molar-refractivity contribution in [2.75, 3.05) is 14.1 Å². The average molecular weight is 362 g/mol. The first-order chi connectivity index (χ1) is 12.4. The van der Waals surface area contributed by atoms with E-state index in [1.807, 2.05) is 14.1 Å². The van der Waals surface area contributed by atoms with Gasteiger partial charge in [0.05, 0.1) is 18.4 Å². The van der Waals surface area contributed by atoms with Crippen LogP contribution in [0.15, 0.2) is 47.5 Å². The highest BCUT2D eigenvalue weighted by atomic mass is 19.3. The molecule has 0 aliphatic carbocycles. The third-order valence-electron chi connectivity index (χ3n) is 3.59. The van der Waals surface area contributed by atoms with Gasteiger partial charge < -0.3 is 9.64 Å². The summed E-state index contributed by atoms with van der Waals surface area (Å²) in [5.41, 5.74) is 1.41. The van der Waals surface area contributed by atoms with Crippen LogP contribution in [0.5, 0.6) is 5.75 Å². The summed E-state index contributed by atoms with van der Waals surface area (Å²) >= 11 is 0. The van der Waals surface area contributed by atoms with Gasteiger partial charge in [0.2, 0.25) is 0 Å². The molecular weight excluding hydrogens is 345 g/mol. The van der Waals surface area contributed by atoms with Crippen LogP contribution in [0.2, 0.25) is 0 Å². The molecule has 5 nitrogen and oxygen atoms in total. The van der Waals surface area contributed by atoms with Gasteiger partial charge in [0.25, 0.3) is 0 Å². The maximum Gasteiger partial charge on any atom is 0.387 e. The Morgan fingerprint density at radius 1 is 1.19 bits per heavy atom. The van der Waals surface area contributed by atoms with Crippen LogP contribution in [-0.4, -0.2) is 41.7 Å². The number of fused-ring (bicyclic) bond motifs is 1. The number of aromatic nitrogens is 2. The van der Waals surface area contributed by atoms with Crippen LogP contribution in [-0.2, 0) is 6.54 Å². The lowest BCUT2D eigenvalue weighted by Crippen LogP contribution is -2.07. The van der Waals surface area contributed by atoms with E-state index in [0.29, 0.717) is 17.9 Å². The fraction of sp³-hybridized carbons (Fsp3) is 0.222. The first-order valence-corrected chi connectivity index (χ1v) is 7.83. The lowest BCUT2D eigenvalue weighted by Gasteiger charge is -2.07. The second-order valence-electron chi connectivity index (χ2n) is 5.87. The Labute approximate surface area is 148 Å². The van der Waals surface area contributed by atoms with Gasteiger partial charge in [-0.2, -0.15) is 13.9 Å². The van der Waals surface area contributed by atoms with E-state index < -0.39 is 6.61 Å². The Morgan fingerprint density at radius 3 is 2.58 bits per heavy atom. The van der Waals surface area contributed by atoms with E-state index in [4.69, 9.17) is 0 Å². The van der Waals surface area contributed by atoms with E-state index in [0.717, 1.165) is 10.9 Å². The minimum Gasteiger partial charge on any atom is -0.435 e.